The zero-order valence-corrected chi connectivity index (χ0v) is 30.5. The maximum absolute atomic E-state index is 9.78. The molecule has 0 atom stereocenters. The number of fused-ring (bicyclic) bond motifs is 3. The molecule has 0 aliphatic carbocycles. The molecule has 0 fully saturated rings. The van der Waals surface area contributed by atoms with Crippen LogP contribution in [-0.4, -0.2) is 4.57 Å². The molecule has 9 aromatic carbocycles. The van der Waals surface area contributed by atoms with Crippen molar-refractivity contribution in [3.63, 3.8) is 0 Å². The van der Waals surface area contributed by atoms with Gasteiger partial charge in [0.1, 0.15) is 0 Å². The molecule has 264 valence electrons. The van der Waals surface area contributed by atoms with Crippen molar-refractivity contribution >= 4 is 38.9 Å². The van der Waals surface area contributed by atoms with Crippen LogP contribution >= 0.6 is 0 Å². The van der Waals surface area contributed by atoms with Crippen LogP contribution in [0.1, 0.15) is 5.48 Å². The highest BCUT2D eigenvalue weighted by Crippen LogP contribution is 2.47. The van der Waals surface area contributed by atoms with Crippen LogP contribution in [0, 0.1) is 0 Å². The van der Waals surface area contributed by atoms with Gasteiger partial charge in [-0.05, 0) is 81.9 Å². The van der Waals surface area contributed by atoms with Gasteiger partial charge in [0.15, 0.2) is 0 Å². The van der Waals surface area contributed by atoms with E-state index < -0.39 is 0 Å². The Morgan fingerprint density at radius 3 is 1.52 bits per heavy atom. The Hall–Kier alpha value is -7.42. The second-order valence-corrected chi connectivity index (χ2v) is 13.8. The molecule has 0 aliphatic rings. The van der Waals surface area contributed by atoms with Gasteiger partial charge in [-0.15, -0.1) is 0 Å². The number of nitrogens with zero attached hydrogens (tertiary/aromatic N) is 2. The van der Waals surface area contributed by atoms with Gasteiger partial charge in [0.2, 0.25) is 0 Å². The van der Waals surface area contributed by atoms with Gasteiger partial charge < -0.3 is 9.47 Å². The van der Waals surface area contributed by atoms with Crippen LogP contribution in [0.15, 0.2) is 230 Å². The molecule has 10 rings (SSSR count). The van der Waals surface area contributed by atoms with E-state index in [1.807, 2.05) is 126 Å². The first-order valence-corrected chi connectivity index (χ1v) is 18.9. The molecule has 10 aromatic rings. The molecule has 2 heteroatoms. The second-order valence-electron chi connectivity index (χ2n) is 13.8. The van der Waals surface area contributed by atoms with Gasteiger partial charge >= 0.3 is 0 Å². The van der Waals surface area contributed by atoms with E-state index in [0.717, 1.165) is 72.2 Å². The van der Waals surface area contributed by atoms with E-state index >= 15 is 0 Å². The van der Waals surface area contributed by atoms with Crippen LogP contribution in [0.3, 0.4) is 0 Å². The largest absolute Gasteiger partial charge is 0.309 e. The highest BCUT2D eigenvalue weighted by molar-refractivity contribution is 6.17. The predicted molar refractivity (Wildman–Crippen MR) is 237 cm³/mol. The minimum absolute atomic E-state index is 0.105. The van der Waals surface area contributed by atoms with E-state index in [-0.39, 0.29) is 35.4 Å². The van der Waals surface area contributed by atoms with Crippen molar-refractivity contribution in [1.29, 1.82) is 0 Å². The first-order chi connectivity index (χ1) is 29.5. The van der Waals surface area contributed by atoms with Gasteiger partial charge in [0.05, 0.1) is 27.9 Å². The zero-order chi connectivity index (χ0) is 40.7. The minimum Gasteiger partial charge on any atom is -0.309 e. The number of hydrogen-bond acceptors (Lipinski definition) is 1. The summed E-state index contributed by atoms with van der Waals surface area (Å²) in [6.45, 7) is 0. The van der Waals surface area contributed by atoms with Crippen LogP contribution in [0.2, 0.25) is 0 Å². The maximum atomic E-state index is 9.78. The Balaban J connectivity index is 1.23. The molecule has 0 N–H and O–H groups in total. The molecule has 1 heterocycles. The van der Waals surface area contributed by atoms with Gasteiger partial charge in [0, 0.05) is 33.3 Å². The Bertz CT molecular complexity index is 3150. The number of hydrogen-bond donors (Lipinski definition) is 0. The van der Waals surface area contributed by atoms with Gasteiger partial charge in [-0.1, -0.05) is 182 Å². The molecule has 0 unspecified atom stereocenters. The summed E-state index contributed by atoms with van der Waals surface area (Å²) < 4.78 is 41.0. The highest BCUT2D eigenvalue weighted by Gasteiger charge is 2.23. The topological polar surface area (TPSA) is 8.17 Å². The fourth-order valence-corrected chi connectivity index (χ4v) is 7.92. The lowest BCUT2D eigenvalue weighted by Gasteiger charge is -2.30. The maximum Gasteiger partial charge on any atom is 0.0645 e. The number of benzene rings is 9. The fourth-order valence-electron chi connectivity index (χ4n) is 7.92. The summed E-state index contributed by atoms with van der Waals surface area (Å²) in [7, 11) is 0. The van der Waals surface area contributed by atoms with Crippen LogP contribution in [0.5, 0.6) is 0 Å². The molecule has 0 spiro atoms. The molecule has 1 aromatic heterocycles. The first-order valence-electron chi connectivity index (χ1n) is 20.9. The lowest BCUT2D eigenvalue weighted by atomic mass is 9.95. The average molecular weight is 719 g/mol. The smallest absolute Gasteiger partial charge is 0.0645 e. The summed E-state index contributed by atoms with van der Waals surface area (Å²) >= 11 is 0. The van der Waals surface area contributed by atoms with Crippen molar-refractivity contribution in [2.24, 2.45) is 0 Å². The standard InChI is InChI=1S/C54H38N2/c1-4-17-39(18-5-1)40-31-33-41(34-32-40)42-35-37-45(38-36-42)55(50-27-13-10-23-46(50)43-19-6-2-7-20-43)51-28-14-11-24-47(51)48-26-16-30-53-54(48)49-25-12-15-29-52(49)56(53)44-21-8-3-9-22-44/h1-38H/i35D,36D,37D,38D. The summed E-state index contributed by atoms with van der Waals surface area (Å²) in [5.41, 5.74) is 11.5. The summed E-state index contributed by atoms with van der Waals surface area (Å²) in [6, 6.07) is 68.7. The third kappa shape index (κ3) is 5.95. The van der Waals surface area contributed by atoms with Gasteiger partial charge in [0.25, 0.3) is 0 Å². The second kappa shape index (κ2) is 14.4. The van der Waals surface area contributed by atoms with Crippen molar-refractivity contribution in [2.45, 2.75) is 0 Å². The van der Waals surface area contributed by atoms with Crippen molar-refractivity contribution in [3.8, 4) is 50.2 Å². The summed E-state index contributed by atoms with van der Waals surface area (Å²) in [4.78, 5) is 1.94. The summed E-state index contributed by atoms with van der Waals surface area (Å²) in [5.74, 6) is 0. The predicted octanol–water partition coefficient (Wildman–Crippen LogP) is 14.9. The third-order valence-corrected chi connectivity index (χ3v) is 10.5. The lowest BCUT2D eigenvalue weighted by molar-refractivity contribution is 1.18. The van der Waals surface area contributed by atoms with Crippen molar-refractivity contribution in [2.75, 3.05) is 4.90 Å². The Labute approximate surface area is 333 Å². The number of para-hydroxylation sites is 4. The summed E-state index contributed by atoms with van der Waals surface area (Å²) in [6.07, 6.45) is 0. The molecule has 0 aliphatic heterocycles. The van der Waals surface area contributed by atoms with Crippen molar-refractivity contribution in [1.82, 2.24) is 4.57 Å². The zero-order valence-electron chi connectivity index (χ0n) is 34.5. The summed E-state index contributed by atoms with van der Waals surface area (Å²) in [5, 5.41) is 2.18. The molecule has 0 saturated heterocycles. The molecule has 0 radical (unpaired) electrons. The van der Waals surface area contributed by atoms with Crippen LogP contribution < -0.4 is 4.90 Å². The molecule has 0 bridgehead atoms. The number of anilines is 3. The monoisotopic (exact) mass is 718 g/mol. The normalized spacial score (nSPS) is 12.2. The first kappa shape index (κ1) is 29.0. The van der Waals surface area contributed by atoms with Gasteiger partial charge in [-0.25, -0.2) is 0 Å². The van der Waals surface area contributed by atoms with Crippen LogP contribution in [0.4, 0.5) is 17.1 Å². The fraction of sp³-hybridized carbons (Fsp3) is 0. The molecular formula is C54H38N2. The van der Waals surface area contributed by atoms with E-state index in [4.69, 9.17) is 0 Å². The molecule has 0 saturated carbocycles. The molecular weight excluding hydrogens is 677 g/mol. The lowest BCUT2D eigenvalue weighted by Crippen LogP contribution is -2.12. The molecule has 0 amide bonds. The van der Waals surface area contributed by atoms with Gasteiger partial charge in [-0.2, -0.15) is 0 Å². The third-order valence-electron chi connectivity index (χ3n) is 10.5. The van der Waals surface area contributed by atoms with Crippen LogP contribution in [0.25, 0.3) is 72.0 Å². The molecule has 56 heavy (non-hydrogen) atoms. The van der Waals surface area contributed by atoms with E-state index in [2.05, 4.69) is 89.5 Å². The average Bonchev–Trinajstić information content (AvgIpc) is 3.66. The van der Waals surface area contributed by atoms with E-state index in [9.17, 15) is 5.48 Å². The Morgan fingerprint density at radius 2 is 0.821 bits per heavy atom. The van der Waals surface area contributed by atoms with Crippen molar-refractivity contribution < 1.29 is 5.48 Å². The van der Waals surface area contributed by atoms with Crippen LogP contribution in [-0.2, 0) is 0 Å². The van der Waals surface area contributed by atoms with E-state index in [1.54, 1.807) is 0 Å². The minimum atomic E-state index is -0.130. The SMILES string of the molecule is [2H]c1c([2H])c(N(c2ccccc2-c2ccccc2)c2ccccc2-c2cccc3c2c2ccccc2n3-c2ccccc2)c([2H])c([2H])c1-c1ccc(-c2ccccc2)cc1. The number of rotatable bonds is 8. The van der Waals surface area contributed by atoms with E-state index in [1.165, 1.54) is 0 Å². The number of aromatic nitrogens is 1. The quantitative estimate of drug-likeness (QED) is 0.152. The van der Waals surface area contributed by atoms with Crippen molar-refractivity contribution in [3.05, 3.63) is 230 Å². The Kier molecular flexibility index (Phi) is 7.47. The van der Waals surface area contributed by atoms with Gasteiger partial charge in [-0.3, -0.25) is 0 Å². The van der Waals surface area contributed by atoms with E-state index in [0.29, 0.717) is 5.56 Å². The Morgan fingerprint density at radius 1 is 0.339 bits per heavy atom. The highest BCUT2D eigenvalue weighted by atomic mass is 15.1. The molecule has 2 nitrogen and oxygen atoms in total.